The lowest BCUT2D eigenvalue weighted by Gasteiger charge is -2.44. The van der Waals surface area contributed by atoms with E-state index in [1.807, 2.05) is 63.0 Å². The molecule has 0 aliphatic carbocycles. The van der Waals surface area contributed by atoms with E-state index in [9.17, 15) is 4.79 Å². The summed E-state index contributed by atoms with van der Waals surface area (Å²) in [6.45, 7) is 7.71. The highest BCUT2D eigenvalue weighted by Gasteiger charge is 2.40. The van der Waals surface area contributed by atoms with Crippen molar-refractivity contribution in [2.24, 2.45) is 0 Å². The van der Waals surface area contributed by atoms with Crippen LogP contribution in [0.5, 0.6) is 0 Å². The molecule has 3 atom stereocenters. The Morgan fingerprint density at radius 2 is 1.85 bits per heavy atom. The van der Waals surface area contributed by atoms with Crippen molar-refractivity contribution >= 4 is 6.09 Å². The first kappa shape index (κ1) is 23.5. The predicted molar refractivity (Wildman–Crippen MR) is 130 cm³/mol. The van der Waals surface area contributed by atoms with E-state index in [0.29, 0.717) is 5.82 Å². The third-order valence-corrected chi connectivity index (χ3v) is 5.76. The van der Waals surface area contributed by atoms with Gasteiger partial charge in [-0.15, -0.1) is 0 Å². The fourth-order valence-corrected chi connectivity index (χ4v) is 4.33. The van der Waals surface area contributed by atoms with E-state index in [0.717, 1.165) is 36.2 Å². The molecule has 1 N–H and O–H groups in total. The van der Waals surface area contributed by atoms with Crippen LogP contribution in [0.4, 0.5) is 4.79 Å². The second-order valence-electron chi connectivity index (χ2n) is 9.53. The van der Waals surface area contributed by atoms with E-state index in [2.05, 4.69) is 32.1 Å². The Bertz CT molecular complexity index is 1140. The topological polar surface area (TPSA) is 80.2 Å². The second-order valence-corrected chi connectivity index (χ2v) is 9.53. The number of hydrogen-bond donors (Lipinski definition) is 1. The monoisotopic (exact) mass is 457 g/mol. The van der Waals surface area contributed by atoms with Crippen LogP contribution in [-0.4, -0.2) is 43.6 Å². The summed E-state index contributed by atoms with van der Waals surface area (Å²) in [4.78, 5) is 28.4. The molecule has 1 fully saturated rings. The maximum Gasteiger partial charge on any atom is 0.411 e. The Labute approximate surface area is 201 Å². The zero-order chi connectivity index (χ0) is 24.1. The van der Waals surface area contributed by atoms with Crippen LogP contribution in [0.15, 0.2) is 60.7 Å². The minimum Gasteiger partial charge on any atom is -0.444 e. The third kappa shape index (κ3) is 5.63. The number of hydrogen-bond acceptors (Lipinski definition) is 6. The number of carbonyl (C=O) groups excluding carboxylic acids is 1. The highest BCUT2D eigenvalue weighted by molar-refractivity contribution is 5.70. The van der Waals surface area contributed by atoms with Crippen LogP contribution < -0.4 is 5.32 Å². The number of likely N-dealkylation sites (tertiary alicyclic amines) is 1. The smallest absolute Gasteiger partial charge is 0.411 e. The highest BCUT2D eigenvalue weighted by Crippen LogP contribution is 2.38. The number of aryl methyl sites for hydroxylation is 1. The number of ether oxygens (including phenoxy) is 1. The molecular weight excluding hydrogens is 426 g/mol. The van der Waals surface area contributed by atoms with Crippen molar-refractivity contribution in [1.29, 1.82) is 0 Å². The molecule has 0 saturated carbocycles. The summed E-state index contributed by atoms with van der Waals surface area (Å²) in [5, 5.41) is 3.50. The molecule has 1 unspecified atom stereocenters. The lowest BCUT2D eigenvalue weighted by atomic mass is 9.89. The zero-order valence-corrected chi connectivity index (χ0v) is 20.2. The molecule has 34 heavy (non-hydrogen) atoms. The maximum atomic E-state index is 13.5. The van der Waals surface area contributed by atoms with Gasteiger partial charge in [-0.25, -0.2) is 14.8 Å². The molecule has 2 aliphatic rings. The Morgan fingerprint density at radius 3 is 2.59 bits per heavy atom. The van der Waals surface area contributed by atoms with Crippen molar-refractivity contribution in [2.75, 3.05) is 0 Å². The van der Waals surface area contributed by atoms with Gasteiger partial charge in [0.1, 0.15) is 11.6 Å². The molecule has 1 amide bonds. The summed E-state index contributed by atoms with van der Waals surface area (Å²) < 4.78 is 5.86. The summed E-state index contributed by atoms with van der Waals surface area (Å²) in [5.41, 5.74) is 2.34. The van der Waals surface area contributed by atoms with Gasteiger partial charge in [0.25, 0.3) is 0 Å². The van der Waals surface area contributed by atoms with Crippen LogP contribution >= 0.6 is 0 Å². The number of nitrogens with one attached hydrogen (secondary N) is 1. The minimum atomic E-state index is -0.596. The van der Waals surface area contributed by atoms with Gasteiger partial charge in [0, 0.05) is 24.3 Å². The van der Waals surface area contributed by atoms with Crippen molar-refractivity contribution in [3.63, 3.8) is 0 Å². The van der Waals surface area contributed by atoms with Crippen molar-refractivity contribution in [3.05, 3.63) is 77.8 Å². The Balaban J connectivity index is 1.62. The summed E-state index contributed by atoms with van der Waals surface area (Å²) in [6, 6.07) is 5.19. The molecule has 1 saturated heterocycles. The molecule has 0 radical (unpaired) electrons. The SMILES string of the molecule is Cc1cccnc1[C@@H]1CCC[C@H](C2=CC=CC(C#Cc3ncccn3)N2)N1C(=O)OC(C)(C)C. The Morgan fingerprint density at radius 1 is 1.12 bits per heavy atom. The van der Waals surface area contributed by atoms with Crippen molar-refractivity contribution < 1.29 is 9.53 Å². The van der Waals surface area contributed by atoms with E-state index >= 15 is 0 Å². The number of piperidine rings is 1. The van der Waals surface area contributed by atoms with Crippen LogP contribution in [0.3, 0.4) is 0 Å². The molecule has 7 nitrogen and oxygen atoms in total. The van der Waals surface area contributed by atoms with Gasteiger partial charge in [0.15, 0.2) is 0 Å². The number of aromatic nitrogens is 3. The normalized spacial score (nSPS) is 22.2. The van der Waals surface area contributed by atoms with Crippen LogP contribution in [0.2, 0.25) is 0 Å². The number of amides is 1. The van der Waals surface area contributed by atoms with Gasteiger partial charge in [-0.2, -0.15) is 0 Å². The van der Waals surface area contributed by atoms with Gasteiger partial charge in [-0.1, -0.05) is 24.1 Å². The standard InChI is InChI=1S/C27H31N5O2/c1-19-9-7-16-30-25(19)23-13-6-12-22(32(23)26(33)34-27(2,3)4)21-11-5-10-20(31-21)14-15-24-28-17-8-18-29-24/h5,7-11,16-18,20,22-23,31H,6,12-13H2,1-4H3/t20?,22-,23+/m1/s1. The summed E-state index contributed by atoms with van der Waals surface area (Å²) in [6.07, 6.45) is 13.4. The molecule has 2 aromatic heterocycles. The van der Waals surface area contributed by atoms with Gasteiger partial charge in [-0.3, -0.25) is 9.88 Å². The predicted octanol–water partition coefficient (Wildman–Crippen LogP) is 4.47. The molecule has 0 spiro atoms. The molecule has 0 aromatic carbocycles. The van der Waals surface area contributed by atoms with Gasteiger partial charge in [0.05, 0.1) is 17.8 Å². The van der Waals surface area contributed by atoms with E-state index in [-0.39, 0.29) is 24.2 Å². The first-order valence-corrected chi connectivity index (χ1v) is 11.7. The fraction of sp³-hybridized carbons (Fsp3) is 0.407. The zero-order valence-electron chi connectivity index (χ0n) is 20.2. The molecule has 176 valence electrons. The van der Waals surface area contributed by atoms with Crippen LogP contribution in [0, 0.1) is 18.8 Å². The number of nitrogens with zero attached hydrogens (tertiary/aromatic N) is 4. The summed E-state index contributed by atoms with van der Waals surface area (Å²) in [5.74, 6) is 6.68. The fourth-order valence-electron chi connectivity index (χ4n) is 4.33. The molecule has 4 heterocycles. The lowest BCUT2D eigenvalue weighted by molar-refractivity contribution is -0.00250. The van der Waals surface area contributed by atoms with Crippen molar-refractivity contribution in [2.45, 2.75) is 70.7 Å². The van der Waals surface area contributed by atoms with E-state index in [1.165, 1.54) is 0 Å². The number of dihydropyridines is 1. The van der Waals surface area contributed by atoms with E-state index in [1.54, 1.807) is 24.7 Å². The van der Waals surface area contributed by atoms with Gasteiger partial charge in [0.2, 0.25) is 5.82 Å². The van der Waals surface area contributed by atoms with Crippen LogP contribution in [0.25, 0.3) is 0 Å². The number of allylic oxidation sites excluding steroid dienone is 2. The maximum absolute atomic E-state index is 13.5. The molecule has 7 heteroatoms. The number of pyridine rings is 1. The van der Waals surface area contributed by atoms with E-state index < -0.39 is 5.60 Å². The minimum absolute atomic E-state index is 0.161. The average Bonchev–Trinajstić information content (AvgIpc) is 2.82. The molecule has 4 rings (SSSR count). The molecular formula is C27H31N5O2. The Hall–Kier alpha value is -3.66. The highest BCUT2D eigenvalue weighted by atomic mass is 16.6. The number of carbonyl (C=O) groups is 1. The van der Waals surface area contributed by atoms with Gasteiger partial charge in [-0.05, 0) is 76.7 Å². The lowest BCUT2D eigenvalue weighted by Crippen LogP contribution is -2.51. The first-order valence-electron chi connectivity index (χ1n) is 11.7. The molecule has 2 aliphatic heterocycles. The first-order chi connectivity index (χ1) is 16.3. The second kappa shape index (κ2) is 10.1. The number of rotatable bonds is 2. The van der Waals surface area contributed by atoms with Crippen molar-refractivity contribution in [3.8, 4) is 11.8 Å². The van der Waals surface area contributed by atoms with Crippen molar-refractivity contribution in [1.82, 2.24) is 25.2 Å². The summed E-state index contributed by atoms with van der Waals surface area (Å²) in [7, 11) is 0. The average molecular weight is 458 g/mol. The van der Waals surface area contributed by atoms with E-state index in [4.69, 9.17) is 4.74 Å². The quantitative estimate of drug-likeness (QED) is 0.670. The van der Waals surface area contributed by atoms with Crippen LogP contribution in [0.1, 0.15) is 63.2 Å². The molecule has 2 aromatic rings. The molecule has 0 bridgehead atoms. The third-order valence-electron chi connectivity index (χ3n) is 5.76. The Kier molecular flexibility index (Phi) is 6.97. The largest absolute Gasteiger partial charge is 0.444 e. The van der Waals surface area contributed by atoms with Gasteiger partial charge >= 0.3 is 6.09 Å². The summed E-state index contributed by atoms with van der Waals surface area (Å²) >= 11 is 0. The van der Waals surface area contributed by atoms with Crippen LogP contribution in [-0.2, 0) is 4.74 Å². The van der Waals surface area contributed by atoms with Gasteiger partial charge < -0.3 is 10.1 Å².